The Labute approximate surface area is 194 Å². The molecule has 2 unspecified atom stereocenters. The molecule has 0 aliphatic heterocycles. The van der Waals surface area contributed by atoms with Gasteiger partial charge in [0.2, 0.25) is 15.9 Å². The van der Waals surface area contributed by atoms with Crippen molar-refractivity contribution in [2.75, 3.05) is 11.9 Å². The predicted molar refractivity (Wildman–Crippen MR) is 128 cm³/mol. The zero-order valence-electron chi connectivity index (χ0n) is 18.1. The van der Waals surface area contributed by atoms with Crippen LogP contribution in [-0.2, 0) is 20.6 Å². The average Bonchev–Trinajstić information content (AvgIpc) is 2.77. The number of benzene rings is 2. The third-order valence-electron chi connectivity index (χ3n) is 4.91. The van der Waals surface area contributed by atoms with Crippen molar-refractivity contribution < 1.29 is 18.0 Å². The summed E-state index contributed by atoms with van der Waals surface area (Å²) in [7, 11) is -3.47. The minimum Gasteiger partial charge on any atom is -0.340 e. The molecule has 2 atom stereocenters. The van der Waals surface area contributed by atoms with Gasteiger partial charge in [0, 0.05) is 22.8 Å². The molecule has 0 heterocycles. The van der Waals surface area contributed by atoms with Gasteiger partial charge in [-0.1, -0.05) is 50.1 Å². The quantitative estimate of drug-likeness (QED) is 0.429. The molecule has 0 fully saturated rings. The standard InChI is InChI=1S/C23H28ClN3O4S/c1-4-14-25-32(30,31)15-17-6-12-20(13-7-17)26-23(29)21(16(3)5-2)27-22(28)18-8-10-19(24)11-9-18/h4,6-13,16,21,25H,1,5,14-15H2,2-3H3,(H,26,29)(H,27,28). The van der Waals surface area contributed by atoms with Gasteiger partial charge in [-0.05, 0) is 47.9 Å². The number of anilines is 1. The molecule has 3 N–H and O–H groups in total. The van der Waals surface area contributed by atoms with E-state index in [1.807, 2.05) is 13.8 Å². The van der Waals surface area contributed by atoms with Crippen LogP contribution in [0.15, 0.2) is 61.2 Å². The lowest BCUT2D eigenvalue weighted by molar-refractivity contribution is -0.119. The molecule has 2 aromatic rings. The first-order chi connectivity index (χ1) is 15.1. The number of carbonyl (C=O) groups excluding carboxylic acids is 2. The highest BCUT2D eigenvalue weighted by Crippen LogP contribution is 2.16. The first kappa shape index (κ1) is 25.6. The third-order valence-corrected chi connectivity index (χ3v) is 6.49. The number of amides is 2. The van der Waals surface area contributed by atoms with Gasteiger partial charge in [-0.3, -0.25) is 9.59 Å². The third kappa shape index (κ3) is 7.78. The minimum absolute atomic E-state index is 0.105. The van der Waals surface area contributed by atoms with E-state index in [4.69, 9.17) is 11.6 Å². The van der Waals surface area contributed by atoms with E-state index in [-0.39, 0.29) is 30.0 Å². The number of hydrogen-bond acceptors (Lipinski definition) is 4. The van der Waals surface area contributed by atoms with Crippen molar-refractivity contribution >= 4 is 39.1 Å². The second kappa shape index (κ2) is 11.8. The first-order valence-electron chi connectivity index (χ1n) is 10.2. The summed E-state index contributed by atoms with van der Waals surface area (Å²) in [6.45, 7) is 7.47. The van der Waals surface area contributed by atoms with Crippen molar-refractivity contribution in [1.82, 2.24) is 10.0 Å². The molecule has 2 aromatic carbocycles. The molecule has 2 rings (SSSR count). The second-order valence-corrected chi connectivity index (χ2v) is 9.67. The number of hydrogen-bond donors (Lipinski definition) is 3. The van der Waals surface area contributed by atoms with Crippen LogP contribution < -0.4 is 15.4 Å². The lowest BCUT2D eigenvalue weighted by Gasteiger charge is -2.23. The average molecular weight is 478 g/mol. The van der Waals surface area contributed by atoms with Crippen molar-refractivity contribution in [1.29, 1.82) is 0 Å². The van der Waals surface area contributed by atoms with Gasteiger partial charge >= 0.3 is 0 Å². The van der Waals surface area contributed by atoms with Crippen molar-refractivity contribution in [3.8, 4) is 0 Å². The maximum atomic E-state index is 12.9. The molecule has 0 aliphatic rings. The molecule has 9 heteroatoms. The highest BCUT2D eigenvalue weighted by atomic mass is 35.5. The molecular weight excluding hydrogens is 450 g/mol. The minimum atomic E-state index is -3.47. The molecule has 0 saturated heterocycles. The van der Waals surface area contributed by atoms with Gasteiger partial charge in [0.25, 0.3) is 5.91 Å². The maximum Gasteiger partial charge on any atom is 0.251 e. The van der Waals surface area contributed by atoms with Crippen molar-refractivity contribution in [3.05, 3.63) is 77.3 Å². The molecule has 0 radical (unpaired) electrons. The molecule has 0 saturated carbocycles. The van der Waals surface area contributed by atoms with E-state index in [1.165, 1.54) is 6.08 Å². The van der Waals surface area contributed by atoms with E-state index in [1.54, 1.807) is 48.5 Å². The second-order valence-electron chi connectivity index (χ2n) is 7.43. The van der Waals surface area contributed by atoms with Gasteiger partial charge in [-0.15, -0.1) is 6.58 Å². The predicted octanol–water partition coefficient (Wildman–Crippen LogP) is 3.73. The first-order valence-corrected chi connectivity index (χ1v) is 12.2. The van der Waals surface area contributed by atoms with Gasteiger partial charge in [0.15, 0.2) is 0 Å². The summed E-state index contributed by atoms with van der Waals surface area (Å²) < 4.78 is 26.4. The fourth-order valence-corrected chi connectivity index (χ4v) is 4.12. The summed E-state index contributed by atoms with van der Waals surface area (Å²) in [5.74, 6) is -1.00. The maximum absolute atomic E-state index is 12.9. The van der Waals surface area contributed by atoms with Crippen LogP contribution in [0.2, 0.25) is 5.02 Å². The van der Waals surface area contributed by atoms with Crippen molar-refractivity contribution in [3.63, 3.8) is 0 Å². The molecule has 7 nitrogen and oxygen atoms in total. The Bertz CT molecular complexity index is 1040. The van der Waals surface area contributed by atoms with Gasteiger partial charge in [-0.2, -0.15) is 0 Å². The number of nitrogens with one attached hydrogen (secondary N) is 3. The lowest BCUT2D eigenvalue weighted by atomic mass is 9.97. The largest absolute Gasteiger partial charge is 0.340 e. The molecule has 0 bridgehead atoms. The van der Waals surface area contributed by atoms with Gasteiger partial charge in [0.1, 0.15) is 6.04 Å². The van der Waals surface area contributed by atoms with Gasteiger partial charge in [-0.25, -0.2) is 13.1 Å². The van der Waals surface area contributed by atoms with Gasteiger partial charge < -0.3 is 10.6 Å². The number of rotatable bonds is 11. The van der Waals surface area contributed by atoms with Crippen LogP contribution >= 0.6 is 11.6 Å². The molecule has 32 heavy (non-hydrogen) atoms. The van der Waals surface area contributed by atoms with Crippen LogP contribution in [0.25, 0.3) is 0 Å². The molecule has 0 aliphatic carbocycles. The molecule has 0 spiro atoms. The number of sulfonamides is 1. The van der Waals surface area contributed by atoms with Crippen LogP contribution in [0, 0.1) is 5.92 Å². The van der Waals surface area contributed by atoms with E-state index in [0.717, 1.165) is 0 Å². The fourth-order valence-electron chi connectivity index (χ4n) is 2.89. The molecular formula is C23H28ClN3O4S. The van der Waals surface area contributed by atoms with E-state index in [9.17, 15) is 18.0 Å². The van der Waals surface area contributed by atoms with Gasteiger partial charge in [0.05, 0.1) is 5.75 Å². The fraction of sp³-hybridized carbons (Fsp3) is 0.304. The molecule has 2 amide bonds. The summed E-state index contributed by atoms with van der Waals surface area (Å²) in [4.78, 5) is 25.5. The Kier molecular flexibility index (Phi) is 9.43. The topological polar surface area (TPSA) is 104 Å². The smallest absolute Gasteiger partial charge is 0.251 e. The van der Waals surface area contributed by atoms with Crippen LogP contribution in [0.1, 0.15) is 36.2 Å². The lowest BCUT2D eigenvalue weighted by Crippen LogP contribution is -2.47. The normalized spacial score (nSPS) is 13.1. The number of carbonyl (C=O) groups is 2. The molecule has 0 aromatic heterocycles. The van der Waals surface area contributed by atoms with Crippen molar-refractivity contribution in [2.24, 2.45) is 5.92 Å². The molecule has 172 valence electrons. The SMILES string of the molecule is C=CCNS(=O)(=O)Cc1ccc(NC(=O)C(NC(=O)c2ccc(Cl)cc2)C(C)CC)cc1. The van der Waals surface area contributed by atoms with E-state index in [0.29, 0.717) is 28.3 Å². The van der Waals surface area contributed by atoms with E-state index < -0.39 is 16.1 Å². The van der Waals surface area contributed by atoms with Crippen LogP contribution in [-0.4, -0.2) is 32.8 Å². The van der Waals surface area contributed by atoms with Crippen molar-refractivity contribution in [2.45, 2.75) is 32.1 Å². The number of halogens is 1. The highest BCUT2D eigenvalue weighted by molar-refractivity contribution is 7.88. The summed E-state index contributed by atoms with van der Waals surface area (Å²) in [5, 5.41) is 6.11. The Morgan fingerprint density at radius 3 is 2.28 bits per heavy atom. The van der Waals surface area contributed by atoms with Crippen LogP contribution in [0.4, 0.5) is 5.69 Å². The Balaban J connectivity index is 2.06. The van der Waals surface area contributed by atoms with Crippen LogP contribution in [0.3, 0.4) is 0 Å². The zero-order valence-corrected chi connectivity index (χ0v) is 19.7. The Hall–Kier alpha value is -2.68. The summed E-state index contributed by atoms with van der Waals surface area (Å²) >= 11 is 5.87. The van der Waals surface area contributed by atoms with E-state index in [2.05, 4.69) is 21.9 Å². The summed E-state index contributed by atoms with van der Waals surface area (Å²) in [5.41, 5.74) is 1.49. The monoisotopic (exact) mass is 477 g/mol. The Morgan fingerprint density at radius 2 is 1.72 bits per heavy atom. The summed E-state index contributed by atoms with van der Waals surface area (Å²) in [6, 6.07) is 12.2. The highest BCUT2D eigenvalue weighted by Gasteiger charge is 2.26. The summed E-state index contributed by atoms with van der Waals surface area (Å²) in [6.07, 6.45) is 2.16. The zero-order chi connectivity index (χ0) is 23.7. The Morgan fingerprint density at radius 1 is 1.09 bits per heavy atom. The van der Waals surface area contributed by atoms with E-state index >= 15 is 0 Å². The van der Waals surface area contributed by atoms with Crippen LogP contribution in [0.5, 0.6) is 0 Å².